The average molecular weight is 225 g/mol. The first-order valence-electron chi connectivity index (χ1n) is 5.44. The molecular formula is C11H19N3O2. The Labute approximate surface area is 95.1 Å². The number of aromatic nitrogens is 2. The van der Waals surface area contributed by atoms with Crippen LogP contribution in [0.4, 0.5) is 5.82 Å². The molecule has 1 heterocycles. The zero-order valence-corrected chi connectivity index (χ0v) is 10.0. The Morgan fingerprint density at radius 3 is 2.81 bits per heavy atom. The van der Waals surface area contributed by atoms with E-state index in [1.165, 1.54) is 0 Å². The maximum absolute atomic E-state index is 11.9. The number of rotatable bonds is 5. The summed E-state index contributed by atoms with van der Waals surface area (Å²) in [5.41, 5.74) is -0.468. The van der Waals surface area contributed by atoms with Crippen LogP contribution in [0, 0.1) is 0 Å². The van der Waals surface area contributed by atoms with E-state index in [0.717, 1.165) is 0 Å². The van der Waals surface area contributed by atoms with Gasteiger partial charge in [0.25, 0.3) is 5.56 Å². The number of hydrogen-bond donors (Lipinski definition) is 2. The lowest BCUT2D eigenvalue weighted by Gasteiger charge is -2.25. The molecule has 0 bridgehead atoms. The van der Waals surface area contributed by atoms with Crippen molar-refractivity contribution < 1.29 is 5.11 Å². The summed E-state index contributed by atoms with van der Waals surface area (Å²) >= 11 is 0. The third kappa shape index (κ3) is 3.06. The van der Waals surface area contributed by atoms with E-state index < -0.39 is 0 Å². The van der Waals surface area contributed by atoms with Crippen LogP contribution < -0.4 is 10.9 Å². The summed E-state index contributed by atoms with van der Waals surface area (Å²) in [7, 11) is 0. The molecular weight excluding hydrogens is 206 g/mol. The van der Waals surface area contributed by atoms with Crippen LogP contribution in [0.15, 0.2) is 17.2 Å². The van der Waals surface area contributed by atoms with E-state index in [0.29, 0.717) is 18.8 Å². The Hall–Kier alpha value is -1.36. The highest BCUT2D eigenvalue weighted by Gasteiger charge is 2.18. The predicted molar refractivity (Wildman–Crippen MR) is 63.6 cm³/mol. The normalized spacial score (nSPS) is 11.5. The second kappa shape index (κ2) is 5.12. The summed E-state index contributed by atoms with van der Waals surface area (Å²) < 4.78 is 1.59. The van der Waals surface area contributed by atoms with Crippen LogP contribution in [0.5, 0.6) is 0 Å². The van der Waals surface area contributed by atoms with Gasteiger partial charge in [-0.15, -0.1) is 0 Å². The maximum Gasteiger partial charge on any atom is 0.293 e. The van der Waals surface area contributed by atoms with Gasteiger partial charge in [-0.1, -0.05) is 0 Å². The van der Waals surface area contributed by atoms with Gasteiger partial charge < -0.3 is 15.0 Å². The van der Waals surface area contributed by atoms with Crippen LogP contribution in [-0.2, 0) is 6.54 Å². The first kappa shape index (κ1) is 12.7. The quantitative estimate of drug-likeness (QED) is 0.779. The first-order valence-corrected chi connectivity index (χ1v) is 5.44. The molecule has 16 heavy (non-hydrogen) atoms. The Morgan fingerprint density at radius 2 is 2.25 bits per heavy atom. The highest BCUT2D eigenvalue weighted by atomic mass is 16.3. The van der Waals surface area contributed by atoms with Crippen molar-refractivity contribution in [2.75, 3.05) is 11.9 Å². The van der Waals surface area contributed by atoms with Gasteiger partial charge in [-0.25, -0.2) is 4.98 Å². The summed E-state index contributed by atoms with van der Waals surface area (Å²) in [4.78, 5) is 15.9. The molecule has 0 amide bonds. The molecule has 5 heteroatoms. The summed E-state index contributed by atoms with van der Waals surface area (Å²) in [6, 6.07) is 0. The molecule has 5 nitrogen and oxygen atoms in total. The number of aryl methyl sites for hydroxylation is 1. The van der Waals surface area contributed by atoms with Crippen LogP contribution >= 0.6 is 0 Å². The number of hydrogen-bond acceptors (Lipinski definition) is 4. The van der Waals surface area contributed by atoms with Crippen molar-refractivity contribution in [3.8, 4) is 0 Å². The van der Waals surface area contributed by atoms with Gasteiger partial charge in [-0.3, -0.25) is 4.79 Å². The van der Waals surface area contributed by atoms with Crippen LogP contribution in [0.3, 0.4) is 0 Å². The SMILES string of the molecule is CCn1ccnc(NC(C)(C)CCO)c1=O. The maximum atomic E-state index is 11.9. The number of nitrogens with one attached hydrogen (secondary N) is 1. The zero-order valence-electron chi connectivity index (χ0n) is 10.0. The standard InChI is InChI=1S/C11H19N3O2/c1-4-14-7-6-12-9(10(14)16)13-11(2,3)5-8-15/h6-7,15H,4-5,8H2,1-3H3,(H,12,13). The second-order valence-electron chi connectivity index (χ2n) is 4.35. The van der Waals surface area contributed by atoms with E-state index in [1.807, 2.05) is 20.8 Å². The highest BCUT2D eigenvalue weighted by molar-refractivity contribution is 5.34. The molecule has 0 aliphatic rings. The van der Waals surface area contributed by atoms with Crippen molar-refractivity contribution in [1.82, 2.24) is 9.55 Å². The Balaban J connectivity index is 2.94. The molecule has 0 saturated heterocycles. The van der Waals surface area contributed by atoms with Gasteiger partial charge in [0.05, 0.1) is 0 Å². The topological polar surface area (TPSA) is 67.2 Å². The molecule has 0 aromatic carbocycles. The lowest BCUT2D eigenvalue weighted by molar-refractivity contribution is 0.260. The van der Waals surface area contributed by atoms with Crippen molar-refractivity contribution in [2.24, 2.45) is 0 Å². The number of nitrogens with zero attached hydrogens (tertiary/aromatic N) is 2. The van der Waals surface area contributed by atoms with E-state index in [4.69, 9.17) is 5.11 Å². The molecule has 0 saturated carbocycles. The molecule has 1 rings (SSSR count). The van der Waals surface area contributed by atoms with Gasteiger partial charge in [-0.2, -0.15) is 0 Å². The van der Waals surface area contributed by atoms with Gasteiger partial charge in [0.2, 0.25) is 0 Å². The minimum atomic E-state index is -0.339. The molecule has 2 N–H and O–H groups in total. The number of anilines is 1. The molecule has 1 aromatic rings. The average Bonchev–Trinajstić information content (AvgIpc) is 2.21. The van der Waals surface area contributed by atoms with E-state index in [1.54, 1.807) is 17.0 Å². The summed E-state index contributed by atoms with van der Waals surface area (Å²) in [5, 5.41) is 12.0. The molecule has 0 radical (unpaired) electrons. The molecule has 0 spiro atoms. The fourth-order valence-electron chi connectivity index (χ4n) is 1.44. The molecule has 0 unspecified atom stereocenters. The minimum absolute atomic E-state index is 0.0782. The van der Waals surface area contributed by atoms with Crippen molar-refractivity contribution in [3.63, 3.8) is 0 Å². The van der Waals surface area contributed by atoms with Gasteiger partial charge in [0, 0.05) is 31.1 Å². The molecule has 90 valence electrons. The van der Waals surface area contributed by atoms with Crippen molar-refractivity contribution in [2.45, 2.75) is 39.3 Å². The van der Waals surface area contributed by atoms with E-state index in [2.05, 4.69) is 10.3 Å². The van der Waals surface area contributed by atoms with Gasteiger partial charge in [0.15, 0.2) is 5.82 Å². The summed E-state index contributed by atoms with van der Waals surface area (Å²) in [6.07, 6.45) is 3.82. The van der Waals surface area contributed by atoms with E-state index >= 15 is 0 Å². The van der Waals surface area contributed by atoms with Crippen molar-refractivity contribution >= 4 is 5.82 Å². The highest BCUT2D eigenvalue weighted by Crippen LogP contribution is 2.12. The third-order valence-corrected chi connectivity index (χ3v) is 2.45. The monoisotopic (exact) mass is 225 g/mol. The molecule has 0 aliphatic heterocycles. The summed E-state index contributed by atoms with van der Waals surface area (Å²) in [6.45, 7) is 6.45. The minimum Gasteiger partial charge on any atom is -0.396 e. The lowest BCUT2D eigenvalue weighted by atomic mass is 10.0. The first-order chi connectivity index (χ1) is 7.50. The smallest absolute Gasteiger partial charge is 0.293 e. The van der Waals surface area contributed by atoms with Crippen molar-refractivity contribution in [1.29, 1.82) is 0 Å². The Bertz CT molecular complexity index is 398. The fourth-order valence-corrected chi connectivity index (χ4v) is 1.44. The van der Waals surface area contributed by atoms with Crippen LogP contribution in [0.25, 0.3) is 0 Å². The molecule has 0 aliphatic carbocycles. The van der Waals surface area contributed by atoms with E-state index in [-0.39, 0.29) is 17.7 Å². The molecule has 0 atom stereocenters. The van der Waals surface area contributed by atoms with Gasteiger partial charge >= 0.3 is 0 Å². The Kier molecular flexibility index (Phi) is 4.06. The fraction of sp³-hybridized carbons (Fsp3) is 0.636. The van der Waals surface area contributed by atoms with Crippen LogP contribution in [0.1, 0.15) is 27.2 Å². The van der Waals surface area contributed by atoms with Gasteiger partial charge in [0.1, 0.15) is 0 Å². The van der Waals surface area contributed by atoms with Crippen LogP contribution in [-0.4, -0.2) is 26.8 Å². The Morgan fingerprint density at radius 1 is 1.56 bits per heavy atom. The van der Waals surface area contributed by atoms with E-state index in [9.17, 15) is 4.79 Å². The van der Waals surface area contributed by atoms with Gasteiger partial charge in [-0.05, 0) is 27.2 Å². The third-order valence-electron chi connectivity index (χ3n) is 2.45. The predicted octanol–water partition coefficient (Wildman–Crippen LogP) is 0.836. The number of aliphatic hydroxyl groups is 1. The lowest BCUT2D eigenvalue weighted by Crippen LogP contribution is -2.36. The molecule has 0 fully saturated rings. The largest absolute Gasteiger partial charge is 0.396 e. The zero-order chi connectivity index (χ0) is 12.2. The van der Waals surface area contributed by atoms with Crippen molar-refractivity contribution in [3.05, 3.63) is 22.7 Å². The second-order valence-corrected chi connectivity index (χ2v) is 4.35. The number of aliphatic hydroxyl groups excluding tert-OH is 1. The summed E-state index contributed by atoms with van der Waals surface area (Å²) in [5.74, 6) is 0.336. The molecule has 1 aromatic heterocycles. The van der Waals surface area contributed by atoms with Crippen LogP contribution in [0.2, 0.25) is 0 Å².